The Kier molecular flexibility index (Phi) is 3.36. The highest BCUT2D eigenvalue weighted by atomic mass is 15.2. The summed E-state index contributed by atoms with van der Waals surface area (Å²) >= 11 is 0. The van der Waals surface area contributed by atoms with Crippen LogP contribution in [0.5, 0.6) is 0 Å². The third kappa shape index (κ3) is 2.29. The Morgan fingerprint density at radius 3 is 3.05 bits per heavy atom. The summed E-state index contributed by atoms with van der Waals surface area (Å²) < 4.78 is 2.06. The number of hydrogen-bond acceptors (Lipinski definition) is 3. The van der Waals surface area contributed by atoms with Gasteiger partial charge >= 0.3 is 0 Å². The van der Waals surface area contributed by atoms with Gasteiger partial charge in [0.15, 0.2) is 0 Å². The fourth-order valence-corrected chi connectivity index (χ4v) is 3.12. The van der Waals surface area contributed by atoms with Crippen molar-refractivity contribution >= 4 is 0 Å². The summed E-state index contributed by atoms with van der Waals surface area (Å²) in [5.41, 5.74) is 5.91. The van der Waals surface area contributed by atoms with Gasteiger partial charge in [0, 0.05) is 37.8 Å². The lowest BCUT2D eigenvalue weighted by atomic mass is 9.91. The van der Waals surface area contributed by atoms with Crippen LogP contribution in [0.2, 0.25) is 0 Å². The number of fused-ring (bicyclic) bond motifs is 1. The molecule has 4 nitrogen and oxygen atoms in total. The van der Waals surface area contributed by atoms with Crippen LogP contribution in [0.1, 0.15) is 29.3 Å². The van der Waals surface area contributed by atoms with Crippen molar-refractivity contribution in [2.24, 2.45) is 12.9 Å². The van der Waals surface area contributed by atoms with E-state index in [9.17, 15) is 0 Å². The highest BCUT2D eigenvalue weighted by Gasteiger charge is 2.29. The topological polar surface area (TPSA) is 55.9 Å². The van der Waals surface area contributed by atoms with Crippen LogP contribution in [-0.2, 0) is 19.9 Å². The van der Waals surface area contributed by atoms with Gasteiger partial charge in [-0.1, -0.05) is 24.3 Å². The molecule has 4 heteroatoms. The minimum absolute atomic E-state index is 0.241. The Labute approximate surface area is 113 Å². The van der Waals surface area contributed by atoms with Crippen molar-refractivity contribution in [3.63, 3.8) is 0 Å². The molecule has 0 saturated carbocycles. The summed E-state index contributed by atoms with van der Waals surface area (Å²) in [4.78, 5) is 4.40. The van der Waals surface area contributed by atoms with Crippen LogP contribution in [0.3, 0.4) is 0 Å². The van der Waals surface area contributed by atoms with Gasteiger partial charge in [-0.25, -0.2) is 4.98 Å². The molecule has 2 atom stereocenters. The summed E-state index contributed by atoms with van der Waals surface area (Å²) in [5, 5.41) is 0. The van der Waals surface area contributed by atoms with Gasteiger partial charge in [-0.05, 0) is 24.0 Å². The van der Waals surface area contributed by atoms with Crippen molar-refractivity contribution in [3.05, 3.63) is 53.6 Å². The lowest BCUT2D eigenvalue weighted by Crippen LogP contribution is -2.41. The SMILES string of the molecule is Cn1ccnc1CC(NN)C1CCc2ccccc21. The van der Waals surface area contributed by atoms with Gasteiger partial charge in [-0.3, -0.25) is 11.3 Å². The predicted molar refractivity (Wildman–Crippen MR) is 75.5 cm³/mol. The molecule has 100 valence electrons. The van der Waals surface area contributed by atoms with Gasteiger partial charge in [0.25, 0.3) is 0 Å². The maximum atomic E-state index is 5.79. The first-order chi connectivity index (χ1) is 9.29. The Morgan fingerprint density at radius 2 is 2.32 bits per heavy atom. The number of rotatable bonds is 4. The van der Waals surface area contributed by atoms with Crippen molar-refractivity contribution in [3.8, 4) is 0 Å². The average molecular weight is 256 g/mol. The normalized spacial score (nSPS) is 19.4. The Balaban J connectivity index is 1.82. The van der Waals surface area contributed by atoms with E-state index >= 15 is 0 Å². The maximum Gasteiger partial charge on any atom is 0.109 e. The van der Waals surface area contributed by atoms with E-state index in [1.165, 1.54) is 17.5 Å². The fourth-order valence-electron chi connectivity index (χ4n) is 3.12. The van der Waals surface area contributed by atoms with Gasteiger partial charge in [0.05, 0.1) is 0 Å². The molecule has 0 bridgehead atoms. The minimum Gasteiger partial charge on any atom is -0.338 e. The second-order valence-corrected chi connectivity index (χ2v) is 5.28. The molecule has 2 aromatic rings. The Morgan fingerprint density at radius 1 is 1.47 bits per heavy atom. The Hall–Kier alpha value is -1.65. The third-order valence-corrected chi connectivity index (χ3v) is 4.20. The summed E-state index contributed by atoms with van der Waals surface area (Å²) in [6.45, 7) is 0. The van der Waals surface area contributed by atoms with Gasteiger partial charge in [-0.2, -0.15) is 0 Å². The molecule has 0 spiro atoms. The lowest BCUT2D eigenvalue weighted by Gasteiger charge is -2.23. The molecule has 0 fully saturated rings. The van der Waals surface area contributed by atoms with E-state index in [2.05, 4.69) is 39.2 Å². The third-order valence-electron chi connectivity index (χ3n) is 4.20. The van der Waals surface area contributed by atoms with Crippen molar-refractivity contribution in [1.29, 1.82) is 0 Å². The number of aromatic nitrogens is 2. The average Bonchev–Trinajstić information content (AvgIpc) is 3.03. The molecule has 0 amide bonds. The van der Waals surface area contributed by atoms with E-state index in [0.29, 0.717) is 5.92 Å². The molecular weight excluding hydrogens is 236 g/mol. The smallest absolute Gasteiger partial charge is 0.109 e. The van der Waals surface area contributed by atoms with E-state index in [1.54, 1.807) is 0 Å². The lowest BCUT2D eigenvalue weighted by molar-refractivity contribution is 0.424. The maximum absolute atomic E-state index is 5.79. The zero-order valence-electron chi connectivity index (χ0n) is 11.2. The molecule has 3 N–H and O–H groups in total. The molecular formula is C15H20N4. The number of benzene rings is 1. The monoisotopic (exact) mass is 256 g/mol. The number of nitrogens with two attached hydrogens (primary N) is 1. The first-order valence-electron chi connectivity index (χ1n) is 6.79. The number of hydrazine groups is 1. The summed E-state index contributed by atoms with van der Waals surface area (Å²) in [6.07, 6.45) is 6.99. The van der Waals surface area contributed by atoms with Crippen molar-refractivity contribution < 1.29 is 0 Å². The van der Waals surface area contributed by atoms with Crippen LogP contribution in [0.15, 0.2) is 36.7 Å². The second kappa shape index (κ2) is 5.15. The van der Waals surface area contributed by atoms with Crippen LogP contribution in [0.25, 0.3) is 0 Å². The molecule has 0 radical (unpaired) electrons. The first-order valence-corrected chi connectivity index (χ1v) is 6.79. The number of hydrogen-bond donors (Lipinski definition) is 2. The van der Waals surface area contributed by atoms with Crippen molar-refractivity contribution in [2.45, 2.75) is 31.2 Å². The number of nitrogens with one attached hydrogen (secondary N) is 1. The molecule has 2 unspecified atom stereocenters. The van der Waals surface area contributed by atoms with E-state index in [4.69, 9.17) is 5.84 Å². The van der Waals surface area contributed by atoms with Crippen molar-refractivity contribution in [2.75, 3.05) is 0 Å². The van der Waals surface area contributed by atoms with Crippen LogP contribution in [0, 0.1) is 0 Å². The van der Waals surface area contributed by atoms with E-state index < -0.39 is 0 Å². The molecule has 3 rings (SSSR count). The number of nitrogens with zero attached hydrogens (tertiary/aromatic N) is 2. The van der Waals surface area contributed by atoms with Crippen molar-refractivity contribution in [1.82, 2.24) is 15.0 Å². The van der Waals surface area contributed by atoms with Gasteiger partial charge < -0.3 is 4.57 Å². The molecule has 1 aromatic carbocycles. The van der Waals surface area contributed by atoms with Gasteiger partial charge in [0.1, 0.15) is 5.82 Å². The molecule has 0 saturated heterocycles. The largest absolute Gasteiger partial charge is 0.338 e. The van der Waals surface area contributed by atoms with Crippen LogP contribution < -0.4 is 11.3 Å². The zero-order chi connectivity index (χ0) is 13.2. The summed E-state index contributed by atoms with van der Waals surface area (Å²) in [6, 6.07) is 8.93. The fraction of sp³-hybridized carbons (Fsp3) is 0.400. The van der Waals surface area contributed by atoms with E-state index in [1.807, 2.05) is 19.4 Å². The molecule has 19 heavy (non-hydrogen) atoms. The molecule has 1 aliphatic carbocycles. The summed E-state index contributed by atoms with van der Waals surface area (Å²) in [5.74, 6) is 7.35. The number of imidazole rings is 1. The van der Waals surface area contributed by atoms with E-state index in [-0.39, 0.29) is 6.04 Å². The van der Waals surface area contributed by atoms with E-state index in [0.717, 1.165) is 18.7 Å². The highest BCUT2D eigenvalue weighted by molar-refractivity contribution is 5.36. The van der Waals surface area contributed by atoms with Gasteiger partial charge in [0.2, 0.25) is 0 Å². The first kappa shape index (κ1) is 12.4. The predicted octanol–water partition coefficient (Wildman–Crippen LogP) is 1.52. The molecule has 1 aliphatic rings. The molecule has 1 aromatic heterocycles. The Bertz CT molecular complexity index is 561. The highest BCUT2D eigenvalue weighted by Crippen LogP contribution is 2.35. The zero-order valence-corrected chi connectivity index (χ0v) is 11.2. The quantitative estimate of drug-likeness (QED) is 0.644. The van der Waals surface area contributed by atoms with Crippen LogP contribution in [-0.4, -0.2) is 15.6 Å². The summed E-state index contributed by atoms with van der Waals surface area (Å²) in [7, 11) is 2.03. The molecule has 1 heterocycles. The standard InChI is InChI=1S/C15H20N4/c1-19-9-8-17-15(19)10-14(18-16)13-7-6-11-4-2-3-5-12(11)13/h2-5,8-9,13-14,18H,6-7,10,16H2,1H3. The van der Waals surface area contributed by atoms with Crippen LogP contribution in [0.4, 0.5) is 0 Å². The van der Waals surface area contributed by atoms with Crippen LogP contribution >= 0.6 is 0 Å². The minimum atomic E-state index is 0.241. The number of aryl methyl sites for hydroxylation is 2. The second-order valence-electron chi connectivity index (χ2n) is 5.28. The molecule has 0 aliphatic heterocycles. The van der Waals surface area contributed by atoms with Gasteiger partial charge in [-0.15, -0.1) is 0 Å².